The molecule has 0 heterocycles. The highest BCUT2D eigenvalue weighted by molar-refractivity contribution is 7.80. The van der Waals surface area contributed by atoms with E-state index in [4.69, 9.17) is 0 Å². The molecule has 0 amide bonds. The van der Waals surface area contributed by atoms with E-state index in [1.807, 2.05) is 0 Å². The van der Waals surface area contributed by atoms with Crippen LogP contribution in [0, 0.1) is 5.92 Å². The Hall–Kier alpha value is 0.0500. The molecule has 1 saturated carbocycles. The molecular weight excluding hydrogens is 166 g/mol. The Labute approximate surface area is 81.2 Å². The minimum absolute atomic E-state index is 0.724. The lowest BCUT2D eigenvalue weighted by Gasteiger charge is -2.24. The van der Waals surface area contributed by atoms with Crippen LogP contribution >= 0.6 is 12.6 Å². The van der Waals surface area contributed by atoms with E-state index in [0.717, 1.165) is 24.3 Å². The van der Waals surface area contributed by atoms with Crippen LogP contribution in [-0.4, -0.2) is 30.3 Å². The highest BCUT2D eigenvalue weighted by Gasteiger charge is 2.30. The fourth-order valence-corrected chi connectivity index (χ4v) is 1.59. The van der Waals surface area contributed by atoms with Gasteiger partial charge in [0.15, 0.2) is 0 Å². The molecule has 0 aromatic heterocycles. The first-order valence-corrected chi connectivity index (χ1v) is 5.26. The predicted octanol–water partition coefficient (Wildman–Crippen LogP) is 2.20. The van der Waals surface area contributed by atoms with Gasteiger partial charge in [0, 0.05) is 18.3 Å². The molecule has 1 unspecified atom stereocenters. The van der Waals surface area contributed by atoms with Gasteiger partial charge in [-0.15, -0.1) is 0 Å². The van der Waals surface area contributed by atoms with Crippen molar-refractivity contribution in [2.45, 2.75) is 25.8 Å². The van der Waals surface area contributed by atoms with Crippen molar-refractivity contribution in [1.82, 2.24) is 4.90 Å². The van der Waals surface area contributed by atoms with Gasteiger partial charge in [-0.2, -0.15) is 12.6 Å². The van der Waals surface area contributed by atoms with Gasteiger partial charge >= 0.3 is 0 Å². The van der Waals surface area contributed by atoms with E-state index in [1.165, 1.54) is 18.4 Å². The SMILES string of the molecule is C=C(CS)CN(C)C(C)C1CC1. The van der Waals surface area contributed by atoms with Crippen LogP contribution in [0.1, 0.15) is 19.8 Å². The summed E-state index contributed by atoms with van der Waals surface area (Å²) in [7, 11) is 2.18. The third kappa shape index (κ3) is 2.83. The zero-order valence-electron chi connectivity index (χ0n) is 8.08. The van der Waals surface area contributed by atoms with E-state index < -0.39 is 0 Å². The van der Waals surface area contributed by atoms with E-state index in [1.54, 1.807) is 0 Å². The maximum Gasteiger partial charge on any atom is 0.0198 e. The third-order valence-electron chi connectivity index (χ3n) is 2.70. The van der Waals surface area contributed by atoms with Crippen LogP contribution in [0.15, 0.2) is 12.2 Å². The Morgan fingerprint density at radius 3 is 2.67 bits per heavy atom. The Kier molecular flexibility index (Phi) is 3.66. The lowest BCUT2D eigenvalue weighted by Crippen LogP contribution is -2.32. The Bertz CT molecular complexity index is 163. The first-order chi connectivity index (χ1) is 5.65. The monoisotopic (exact) mass is 185 g/mol. The second kappa shape index (κ2) is 4.33. The molecule has 0 aliphatic heterocycles. The highest BCUT2D eigenvalue weighted by Crippen LogP contribution is 2.34. The minimum Gasteiger partial charge on any atom is -0.299 e. The molecule has 0 bridgehead atoms. The summed E-state index contributed by atoms with van der Waals surface area (Å²) in [5.41, 5.74) is 1.22. The molecule has 0 spiro atoms. The van der Waals surface area contributed by atoms with E-state index >= 15 is 0 Å². The quantitative estimate of drug-likeness (QED) is 0.507. The van der Waals surface area contributed by atoms with Gasteiger partial charge in [-0.05, 0) is 32.7 Å². The van der Waals surface area contributed by atoms with Crippen molar-refractivity contribution in [2.24, 2.45) is 5.92 Å². The van der Waals surface area contributed by atoms with Crippen LogP contribution in [0.2, 0.25) is 0 Å². The van der Waals surface area contributed by atoms with Crippen molar-refractivity contribution in [3.63, 3.8) is 0 Å². The van der Waals surface area contributed by atoms with Gasteiger partial charge in [-0.3, -0.25) is 4.90 Å². The Morgan fingerprint density at radius 1 is 1.67 bits per heavy atom. The van der Waals surface area contributed by atoms with Crippen LogP contribution in [-0.2, 0) is 0 Å². The molecule has 1 rings (SSSR count). The van der Waals surface area contributed by atoms with Gasteiger partial charge in [0.05, 0.1) is 0 Å². The lowest BCUT2D eigenvalue weighted by atomic mass is 10.2. The summed E-state index contributed by atoms with van der Waals surface area (Å²) in [6, 6.07) is 0.724. The summed E-state index contributed by atoms with van der Waals surface area (Å²) in [6.07, 6.45) is 2.83. The number of thiol groups is 1. The van der Waals surface area contributed by atoms with Crippen molar-refractivity contribution < 1.29 is 0 Å². The second-order valence-corrected chi connectivity index (χ2v) is 4.22. The summed E-state index contributed by atoms with van der Waals surface area (Å²) in [5.74, 6) is 1.75. The Balaban J connectivity index is 2.25. The molecule has 1 atom stereocenters. The Morgan fingerprint density at radius 2 is 2.25 bits per heavy atom. The molecule has 0 radical (unpaired) electrons. The van der Waals surface area contributed by atoms with Crippen LogP contribution in [0.3, 0.4) is 0 Å². The minimum atomic E-state index is 0.724. The van der Waals surface area contributed by atoms with Gasteiger partial charge in [0.25, 0.3) is 0 Å². The van der Waals surface area contributed by atoms with E-state index in [-0.39, 0.29) is 0 Å². The van der Waals surface area contributed by atoms with E-state index in [0.29, 0.717) is 0 Å². The number of nitrogens with zero attached hydrogens (tertiary/aromatic N) is 1. The molecule has 2 heteroatoms. The molecule has 0 saturated heterocycles. The summed E-state index contributed by atoms with van der Waals surface area (Å²) < 4.78 is 0. The second-order valence-electron chi connectivity index (χ2n) is 3.90. The molecule has 0 aromatic carbocycles. The number of hydrogen-bond acceptors (Lipinski definition) is 2. The highest BCUT2D eigenvalue weighted by atomic mass is 32.1. The maximum atomic E-state index is 4.20. The topological polar surface area (TPSA) is 3.24 Å². The fraction of sp³-hybridized carbons (Fsp3) is 0.800. The van der Waals surface area contributed by atoms with Crippen molar-refractivity contribution in [1.29, 1.82) is 0 Å². The van der Waals surface area contributed by atoms with Crippen LogP contribution in [0.5, 0.6) is 0 Å². The van der Waals surface area contributed by atoms with Crippen molar-refractivity contribution in [2.75, 3.05) is 19.3 Å². The smallest absolute Gasteiger partial charge is 0.0198 e. The summed E-state index contributed by atoms with van der Waals surface area (Å²) in [5, 5.41) is 0. The van der Waals surface area contributed by atoms with E-state index in [9.17, 15) is 0 Å². The zero-order valence-corrected chi connectivity index (χ0v) is 8.98. The normalized spacial score (nSPS) is 19.7. The predicted molar refractivity (Wildman–Crippen MR) is 57.8 cm³/mol. The van der Waals surface area contributed by atoms with Crippen molar-refractivity contribution in [3.8, 4) is 0 Å². The average molecular weight is 185 g/mol. The largest absolute Gasteiger partial charge is 0.299 e. The molecule has 0 aromatic rings. The number of likely N-dealkylation sites (N-methyl/N-ethyl adjacent to an activating group) is 1. The number of hydrogen-bond donors (Lipinski definition) is 1. The molecule has 1 nitrogen and oxygen atoms in total. The zero-order chi connectivity index (χ0) is 9.14. The molecule has 12 heavy (non-hydrogen) atoms. The molecular formula is C10H19NS. The standard InChI is InChI=1S/C10H19NS/c1-8(7-12)6-11(3)9(2)10-4-5-10/h9-10,12H,1,4-7H2,2-3H3. The first kappa shape index (κ1) is 10.1. The molecule has 1 fully saturated rings. The molecule has 1 aliphatic carbocycles. The summed E-state index contributed by atoms with van der Waals surface area (Å²) in [4.78, 5) is 2.39. The first-order valence-electron chi connectivity index (χ1n) is 4.63. The van der Waals surface area contributed by atoms with Crippen LogP contribution < -0.4 is 0 Å². The van der Waals surface area contributed by atoms with Gasteiger partial charge in [-0.1, -0.05) is 12.2 Å². The molecule has 1 aliphatic rings. The van der Waals surface area contributed by atoms with Crippen LogP contribution in [0.25, 0.3) is 0 Å². The lowest BCUT2D eigenvalue weighted by molar-refractivity contribution is 0.254. The fourth-order valence-electron chi connectivity index (χ4n) is 1.49. The summed E-state index contributed by atoms with van der Waals surface area (Å²) >= 11 is 4.20. The van der Waals surface area contributed by atoms with Crippen LogP contribution in [0.4, 0.5) is 0 Å². The van der Waals surface area contributed by atoms with Gasteiger partial charge < -0.3 is 0 Å². The van der Waals surface area contributed by atoms with Gasteiger partial charge in [-0.25, -0.2) is 0 Å². The average Bonchev–Trinajstić information content (AvgIpc) is 2.85. The maximum absolute atomic E-state index is 4.20. The van der Waals surface area contributed by atoms with E-state index in [2.05, 4.69) is 38.1 Å². The molecule has 0 N–H and O–H groups in total. The van der Waals surface area contributed by atoms with Crippen molar-refractivity contribution >= 4 is 12.6 Å². The van der Waals surface area contributed by atoms with Crippen molar-refractivity contribution in [3.05, 3.63) is 12.2 Å². The number of rotatable bonds is 5. The third-order valence-corrected chi connectivity index (χ3v) is 3.14. The summed E-state index contributed by atoms with van der Waals surface area (Å²) in [6.45, 7) is 7.27. The van der Waals surface area contributed by atoms with Gasteiger partial charge in [0.2, 0.25) is 0 Å². The molecule has 70 valence electrons. The van der Waals surface area contributed by atoms with Gasteiger partial charge in [0.1, 0.15) is 0 Å².